The first-order chi connectivity index (χ1) is 10.3. The van der Waals surface area contributed by atoms with Crippen molar-refractivity contribution in [3.63, 3.8) is 0 Å². The summed E-state index contributed by atoms with van der Waals surface area (Å²) in [7, 11) is 1.60. The quantitative estimate of drug-likeness (QED) is 0.769. The molecule has 0 saturated heterocycles. The Morgan fingerprint density at radius 2 is 1.86 bits per heavy atom. The molecule has 5 heteroatoms. The lowest BCUT2D eigenvalue weighted by molar-refractivity contribution is 0.411. The molecule has 0 saturated carbocycles. The van der Waals surface area contributed by atoms with Gasteiger partial charge in [-0.3, -0.25) is 9.97 Å². The van der Waals surface area contributed by atoms with Gasteiger partial charge in [-0.25, -0.2) is 0 Å². The number of methoxy groups -OCH3 is 1. The van der Waals surface area contributed by atoms with Gasteiger partial charge in [0.15, 0.2) is 0 Å². The Morgan fingerprint density at radius 1 is 1.05 bits per heavy atom. The Labute approximate surface area is 122 Å². The van der Waals surface area contributed by atoms with Crippen LogP contribution in [0.4, 0.5) is 5.69 Å². The number of benzene rings is 2. The monoisotopic (exact) mass is 281 g/mol. The summed E-state index contributed by atoms with van der Waals surface area (Å²) in [6, 6.07) is 10.9. The van der Waals surface area contributed by atoms with E-state index in [-0.39, 0.29) is 5.75 Å². The van der Waals surface area contributed by atoms with Gasteiger partial charge >= 0.3 is 0 Å². The van der Waals surface area contributed by atoms with E-state index in [9.17, 15) is 5.11 Å². The fraction of sp³-hybridized carbons (Fsp3) is 0.125. The third-order valence-electron chi connectivity index (χ3n) is 3.24. The van der Waals surface area contributed by atoms with Crippen LogP contribution in [0.3, 0.4) is 0 Å². The molecule has 0 unspecified atom stereocenters. The second kappa shape index (κ2) is 5.66. The molecule has 0 aliphatic rings. The lowest BCUT2D eigenvalue weighted by atomic mass is 10.2. The highest BCUT2D eigenvalue weighted by Crippen LogP contribution is 2.24. The van der Waals surface area contributed by atoms with Crippen molar-refractivity contribution in [1.82, 2.24) is 9.97 Å². The second-order valence-electron chi connectivity index (χ2n) is 4.61. The molecule has 3 rings (SSSR count). The number of aromatic nitrogens is 2. The molecule has 3 aromatic rings. The summed E-state index contributed by atoms with van der Waals surface area (Å²) in [5.74, 6) is 0.956. The van der Waals surface area contributed by atoms with Crippen LogP contribution in [-0.2, 0) is 6.54 Å². The molecule has 0 bridgehead atoms. The van der Waals surface area contributed by atoms with E-state index in [1.54, 1.807) is 31.6 Å². The minimum atomic E-state index is 0.240. The van der Waals surface area contributed by atoms with E-state index in [1.807, 2.05) is 24.3 Å². The van der Waals surface area contributed by atoms with Gasteiger partial charge in [0.25, 0.3) is 0 Å². The summed E-state index contributed by atoms with van der Waals surface area (Å²) in [6.45, 7) is 0.495. The Bertz CT molecular complexity index is 774. The highest BCUT2D eigenvalue weighted by Gasteiger charge is 2.04. The number of ether oxygens (including phenoxy) is 1. The standard InChI is InChI=1S/C16H15N3O2/c1-21-13-3-5-16(20)11(8-13)10-19-12-2-4-14-15(9-12)18-7-6-17-14/h2-9,19-20H,10H2,1H3. The van der Waals surface area contributed by atoms with Crippen molar-refractivity contribution < 1.29 is 9.84 Å². The first kappa shape index (κ1) is 13.2. The van der Waals surface area contributed by atoms with Gasteiger partial charge in [0.1, 0.15) is 11.5 Å². The fourth-order valence-corrected chi connectivity index (χ4v) is 2.10. The molecule has 0 aliphatic heterocycles. The zero-order valence-corrected chi connectivity index (χ0v) is 11.6. The number of fused-ring (bicyclic) bond motifs is 1. The molecule has 2 N–H and O–H groups in total. The number of nitrogens with zero attached hydrogens (tertiary/aromatic N) is 2. The normalized spacial score (nSPS) is 10.5. The number of anilines is 1. The van der Waals surface area contributed by atoms with Crippen molar-refractivity contribution in [1.29, 1.82) is 0 Å². The summed E-state index contributed by atoms with van der Waals surface area (Å²) in [5, 5.41) is 13.1. The van der Waals surface area contributed by atoms with Crippen LogP contribution < -0.4 is 10.1 Å². The summed E-state index contributed by atoms with van der Waals surface area (Å²) < 4.78 is 5.16. The number of rotatable bonds is 4. The van der Waals surface area contributed by atoms with Crippen LogP contribution in [0, 0.1) is 0 Å². The van der Waals surface area contributed by atoms with Crippen LogP contribution in [0.1, 0.15) is 5.56 Å². The Morgan fingerprint density at radius 3 is 2.67 bits per heavy atom. The number of aromatic hydroxyl groups is 1. The third-order valence-corrected chi connectivity index (χ3v) is 3.24. The van der Waals surface area contributed by atoms with Crippen LogP contribution in [-0.4, -0.2) is 22.2 Å². The van der Waals surface area contributed by atoms with Crippen LogP contribution in [0.15, 0.2) is 48.8 Å². The van der Waals surface area contributed by atoms with Gasteiger partial charge in [-0.1, -0.05) is 0 Å². The predicted octanol–water partition coefficient (Wildman–Crippen LogP) is 2.96. The number of phenols is 1. The summed E-state index contributed by atoms with van der Waals surface area (Å²) in [4.78, 5) is 8.50. The molecular formula is C16H15N3O2. The predicted molar refractivity (Wildman–Crippen MR) is 81.5 cm³/mol. The number of phenolic OH excluding ortho intramolecular Hbond substituents is 1. The van der Waals surface area contributed by atoms with Gasteiger partial charge in [-0.15, -0.1) is 0 Å². The molecule has 0 radical (unpaired) electrons. The van der Waals surface area contributed by atoms with Crippen molar-refractivity contribution in [3.05, 3.63) is 54.4 Å². The lowest BCUT2D eigenvalue weighted by Gasteiger charge is -2.10. The second-order valence-corrected chi connectivity index (χ2v) is 4.61. The lowest BCUT2D eigenvalue weighted by Crippen LogP contribution is -2.00. The van der Waals surface area contributed by atoms with Crippen LogP contribution in [0.25, 0.3) is 11.0 Å². The smallest absolute Gasteiger partial charge is 0.120 e. The number of hydrogen-bond acceptors (Lipinski definition) is 5. The maximum Gasteiger partial charge on any atom is 0.120 e. The van der Waals surface area contributed by atoms with E-state index in [2.05, 4.69) is 15.3 Å². The maximum atomic E-state index is 9.86. The van der Waals surface area contributed by atoms with Crippen LogP contribution in [0.2, 0.25) is 0 Å². The van der Waals surface area contributed by atoms with Gasteiger partial charge in [-0.05, 0) is 36.4 Å². The highest BCUT2D eigenvalue weighted by molar-refractivity contribution is 5.78. The maximum absolute atomic E-state index is 9.86. The first-order valence-corrected chi connectivity index (χ1v) is 6.57. The van der Waals surface area contributed by atoms with Gasteiger partial charge in [0, 0.05) is 30.2 Å². The summed E-state index contributed by atoms with van der Waals surface area (Å²) in [5.41, 5.74) is 3.38. The number of hydrogen-bond donors (Lipinski definition) is 2. The Balaban J connectivity index is 1.80. The Hall–Kier alpha value is -2.82. The molecule has 0 atom stereocenters. The number of nitrogens with one attached hydrogen (secondary N) is 1. The van der Waals surface area contributed by atoms with Crippen LogP contribution in [0.5, 0.6) is 11.5 Å². The van der Waals surface area contributed by atoms with Crippen molar-refractivity contribution in [2.75, 3.05) is 12.4 Å². The van der Waals surface area contributed by atoms with Crippen molar-refractivity contribution in [3.8, 4) is 11.5 Å². The zero-order valence-electron chi connectivity index (χ0n) is 11.6. The molecule has 0 amide bonds. The molecule has 5 nitrogen and oxygen atoms in total. The van der Waals surface area contributed by atoms with Crippen molar-refractivity contribution in [2.24, 2.45) is 0 Å². The van der Waals surface area contributed by atoms with Crippen molar-refractivity contribution >= 4 is 16.7 Å². The molecule has 1 aromatic heterocycles. The van der Waals surface area contributed by atoms with E-state index < -0.39 is 0 Å². The van der Waals surface area contributed by atoms with Gasteiger partial charge in [0.05, 0.1) is 18.1 Å². The van der Waals surface area contributed by atoms with Gasteiger partial charge < -0.3 is 15.2 Å². The van der Waals surface area contributed by atoms with E-state index in [0.29, 0.717) is 12.3 Å². The minimum Gasteiger partial charge on any atom is -0.508 e. The molecule has 0 fully saturated rings. The average Bonchev–Trinajstić information content (AvgIpc) is 2.54. The largest absolute Gasteiger partial charge is 0.508 e. The SMILES string of the molecule is COc1ccc(O)c(CNc2ccc3nccnc3c2)c1. The van der Waals surface area contributed by atoms with Crippen LogP contribution >= 0.6 is 0 Å². The average molecular weight is 281 g/mol. The first-order valence-electron chi connectivity index (χ1n) is 6.57. The molecule has 1 heterocycles. The zero-order chi connectivity index (χ0) is 14.7. The summed E-state index contributed by atoms with van der Waals surface area (Å²) >= 11 is 0. The van der Waals surface area contributed by atoms with E-state index in [0.717, 1.165) is 22.3 Å². The molecule has 2 aromatic carbocycles. The fourth-order valence-electron chi connectivity index (χ4n) is 2.10. The molecule has 21 heavy (non-hydrogen) atoms. The third kappa shape index (κ3) is 2.86. The topological polar surface area (TPSA) is 67.3 Å². The van der Waals surface area contributed by atoms with Gasteiger partial charge in [0.2, 0.25) is 0 Å². The molecular weight excluding hydrogens is 266 g/mol. The molecule has 0 spiro atoms. The van der Waals surface area contributed by atoms with Gasteiger partial charge in [-0.2, -0.15) is 0 Å². The van der Waals surface area contributed by atoms with E-state index in [4.69, 9.17) is 4.74 Å². The highest BCUT2D eigenvalue weighted by atomic mass is 16.5. The minimum absolute atomic E-state index is 0.240. The Kier molecular flexibility index (Phi) is 3.55. The molecule has 106 valence electrons. The molecule has 0 aliphatic carbocycles. The summed E-state index contributed by atoms with van der Waals surface area (Å²) in [6.07, 6.45) is 3.34. The van der Waals surface area contributed by atoms with E-state index >= 15 is 0 Å². The van der Waals surface area contributed by atoms with Crippen molar-refractivity contribution in [2.45, 2.75) is 6.54 Å². The van der Waals surface area contributed by atoms with E-state index in [1.165, 1.54) is 0 Å².